The van der Waals surface area contributed by atoms with Gasteiger partial charge in [0, 0.05) is 19.0 Å². The molecule has 2 rings (SSSR count). The summed E-state index contributed by atoms with van der Waals surface area (Å²) in [5, 5.41) is 8.84. The van der Waals surface area contributed by atoms with Gasteiger partial charge in [0.25, 0.3) is 0 Å². The molecule has 5 nitrogen and oxygen atoms in total. The molecule has 1 aromatic carbocycles. The molecule has 1 aliphatic rings. The fraction of sp³-hybridized carbons (Fsp3) is 0.385. The van der Waals surface area contributed by atoms with Crippen molar-refractivity contribution < 1.29 is 19.4 Å². The molecular formula is C13H15NO4. The smallest absolute Gasteiger partial charge is 0.415 e. The summed E-state index contributed by atoms with van der Waals surface area (Å²) in [6.45, 7) is 2.55. The van der Waals surface area contributed by atoms with Gasteiger partial charge in [-0.25, -0.2) is 4.79 Å². The highest BCUT2D eigenvalue weighted by Gasteiger charge is 2.38. The summed E-state index contributed by atoms with van der Waals surface area (Å²) in [5.74, 6) is -0.732. The maximum absolute atomic E-state index is 11.7. The summed E-state index contributed by atoms with van der Waals surface area (Å²) in [7, 11) is 0. The number of benzene rings is 1. The zero-order valence-electron chi connectivity index (χ0n) is 10.1. The molecule has 0 spiro atoms. The number of hydrogen-bond acceptors (Lipinski definition) is 3. The maximum atomic E-state index is 11.7. The van der Waals surface area contributed by atoms with Crippen molar-refractivity contribution in [3.63, 3.8) is 0 Å². The van der Waals surface area contributed by atoms with Gasteiger partial charge in [-0.05, 0) is 12.1 Å². The zero-order valence-corrected chi connectivity index (χ0v) is 10.1. The van der Waals surface area contributed by atoms with Crippen LogP contribution in [0.5, 0.6) is 5.75 Å². The van der Waals surface area contributed by atoms with E-state index in [1.807, 2.05) is 6.07 Å². The minimum atomic E-state index is -0.823. The van der Waals surface area contributed by atoms with Crippen LogP contribution in [-0.4, -0.2) is 35.2 Å². The van der Waals surface area contributed by atoms with Crippen molar-refractivity contribution >= 4 is 12.1 Å². The number of carbonyl (C=O) groups excluding carboxylic acids is 1. The standard InChI is InChI=1S/C13H15NO4/c1-9(12(15)16)10-7-14(8-10)13(17)18-11-5-3-2-4-6-11/h2-6,9-10H,7-8H2,1H3,(H,15,16). The maximum Gasteiger partial charge on any atom is 0.415 e. The van der Waals surface area contributed by atoms with E-state index in [1.165, 1.54) is 4.90 Å². The average Bonchev–Trinajstić information content (AvgIpc) is 2.28. The van der Waals surface area contributed by atoms with E-state index in [9.17, 15) is 9.59 Å². The lowest BCUT2D eigenvalue weighted by molar-refractivity contribution is -0.145. The number of likely N-dealkylation sites (tertiary alicyclic amines) is 1. The number of aliphatic carboxylic acids is 1. The third-order valence-electron chi connectivity index (χ3n) is 3.21. The normalized spacial score (nSPS) is 16.8. The molecule has 1 saturated heterocycles. The number of ether oxygens (including phenoxy) is 1. The van der Waals surface area contributed by atoms with Crippen LogP contribution >= 0.6 is 0 Å². The second-order valence-corrected chi connectivity index (χ2v) is 4.47. The van der Waals surface area contributed by atoms with Gasteiger partial charge in [0.05, 0.1) is 5.92 Å². The molecule has 18 heavy (non-hydrogen) atoms. The van der Waals surface area contributed by atoms with Crippen molar-refractivity contribution in [3.8, 4) is 5.75 Å². The van der Waals surface area contributed by atoms with Gasteiger partial charge in [-0.1, -0.05) is 25.1 Å². The first kappa shape index (κ1) is 12.4. The Morgan fingerprint density at radius 2 is 1.94 bits per heavy atom. The molecule has 96 valence electrons. The lowest BCUT2D eigenvalue weighted by Crippen LogP contribution is -2.54. The van der Waals surface area contributed by atoms with E-state index < -0.39 is 18.0 Å². The van der Waals surface area contributed by atoms with E-state index in [0.29, 0.717) is 18.8 Å². The molecule has 0 bridgehead atoms. The first-order valence-corrected chi connectivity index (χ1v) is 5.82. The Kier molecular flexibility index (Phi) is 3.50. The zero-order chi connectivity index (χ0) is 13.1. The summed E-state index contributed by atoms with van der Waals surface area (Å²) in [4.78, 5) is 24.0. The predicted molar refractivity (Wildman–Crippen MR) is 64.3 cm³/mol. The van der Waals surface area contributed by atoms with E-state index >= 15 is 0 Å². The Morgan fingerprint density at radius 1 is 1.33 bits per heavy atom. The van der Waals surface area contributed by atoms with Crippen LogP contribution in [0.2, 0.25) is 0 Å². The Bertz CT molecular complexity index is 440. The van der Waals surface area contributed by atoms with Crippen LogP contribution in [0.4, 0.5) is 4.79 Å². The average molecular weight is 249 g/mol. The highest BCUT2D eigenvalue weighted by molar-refractivity contribution is 5.73. The number of para-hydroxylation sites is 1. The van der Waals surface area contributed by atoms with Crippen LogP contribution < -0.4 is 4.74 Å². The minimum absolute atomic E-state index is 0.0193. The summed E-state index contributed by atoms with van der Waals surface area (Å²) in [6, 6.07) is 8.82. The Labute approximate surface area is 105 Å². The van der Waals surface area contributed by atoms with E-state index in [1.54, 1.807) is 31.2 Å². The number of carboxylic acids is 1. The summed E-state index contributed by atoms with van der Waals surface area (Å²) in [5.41, 5.74) is 0. The third kappa shape index (κ3) is 2.61. The molecule has 1 aromatic rings. The Balaban J connectivity index is 1.82. The van der Waals surface area contributed by atoms with Crippen molar-refractivity contribution in [2.75, 3.05) is 13.1 Å². The van der Waals surface area contributed by atoms with Gasteiger partial charge in [0.1, 0.15) is 5.75 Å². The van der Waals surface area contributed by atoms with Gasteiger partial charge >= 0.3 is 12.1 Å². The highest BCUT2D eigenvalue weighted by atomic mass is 16.6. The van der Waals surface area contributed by atoms with Crippen LogP contribution in [0, 0.1) is 11.8 Å². The number of carboxylic acid groups (broad SMARTS) is 1. The fourth-order valence-corrected chi connectivity index (χ4v) is 1.83. The molecule has 1 amide bonds. The molecule has 1 heterocycles. The van der Waals surface area contributed by atoms with Crippen LogP contribution in [-0.2, 0) is 4.79 Å². The molecule has 0 radical (unpaired) electrons. The summed E-state index contributed by atoms with van der Waals surface area (Å²) >= 11 is 0. The Morgan fingerprint density at radius 3 is 2.50 bits per heavy atom. The lowest BCUT2D eigenvalue weighted by Gasteiger charge is -2.40. The SMILES string of the molecule is CC(C(=O)O)C1CN(C(=O)Oc2ccccc2)C1. The highest BCUT2D eigenvalue weighted by Crippen LogP contribution is 2.25. The lowest BCUT2D eigenvalue weighted by atomic mass is 9.87. The van der Waals surface area contributed by atoms with Gasteiger partial charge in [0.2, 0.25) is 0 Å². The molecule has 1 atom stereocenters. The largest absolute Gasteiger partial charge is 0.481 e. The molecular weight excluding hydrogens is 234 g/mol. The van der Waals surface area contributed by atoms with E-state index in [-0.39, 0.29) is 5.92 Å². The molecule has 0 aromatic heterocycles. The van der Waals surface area contributed by atoms with Crippen LogP contribution in [0.25, 0.3) is 0 Å². The monoisotopic (exact) mass is 249 g/mol. The topological polar surface area (TPSA) is 66.8 Å². The third-order valence-corrected chi connectivity index (χ3v) is 3.21. The predicted octanol–water partition coefficient (Wildman–Crippen LogP) is 1.84. The first-order valence-electron chi connectivity index (χ1n) is 5.82. The van der Waals surface area contributed by atoms with Gasteiger partial charge in [-0.2, -0.15) is 0 Å². The second-order valence-electron chi connectivity index (χ2n) is 4.47. The van der Waals surface area contributed by atoms with Gasteiger partial charge in [-0.3, -0.25) is 4.79 Å². The van der Waals surface area contributed by atoms with E-state index in [0.717, 1.165) is 0 Å². The number of nitrogens with zero attached hydrogens (tertiary/aromatic N) is 1. The van der Waals surface area contributed by atoms with Crippen molar-refractivity contribution in [2.45, 2.75) is 6.92 Å². The van der Waals surface area contributed by atoms with Gasteiger partial charge in [0.15, 0.2) is 0 Å². The number of rotatable bonds is 3. The molecule has 1 fully saturated rings. The molecule has 1 aliphatic heterocycles. The molecule has 1 N–H and O–H groups in total. The van der Waals surface area contributed by atoms with Crippen LogP contribution in [0.3, 0.4) is 0 Å². The fourth-order valence-electron chi connectivity index (χ4n) is 1.83. The van der Waals surface area contributed by atoms with Gasteiger partial charge in [-0.15, -0.1) is 0 Å². The van der Waals surface area contributed by atoms with Crippen molar-refractivity contribution in [3.05, 3.63) is 30.3 Å². The van der Waals surface area contributed by atoms with Gasteiger partial charge < -0.3 is 14.7 Å². The minimum Gasteiger partial charge on any atom is -0.481 e. The summed E-state index contributed by atoms with van der Waals surface area (Å²) < 4.78 is 5.15. The molecule has 0 aliphatic carbocycles. The van der Waals surface area contributed by atoms with Crippen LogP contribution in [0.15, 0.2) is 30.3 Å². The first-order chi connectivity index (χ1) is 8.58. The van der Waals surface area contributed by atoms with Crippen molar-refractivity contribution in [2.24, 2.45) is 11.8 Å². The second kappa shape index (κ2) is 5.08. The number of carbonyl (C=O) groups is 2. The van der Waals surface area contributed by atoms with Crippen molar-refractivity contribution in [1.29, 1.82) is 0 Å². The number of amides is 1. The molecule has 5 heteroatoms. The van der Waals surface area contributed by atoms with E-state index in [4.69, 9.17) is 9.84 Å². The van der Waals surface area contributed by atoms with Crippen molar-refractivity contribution in [1.82, 2.24) is 4.90 Å². The number of hydrogen-bond donors (Lipinski definition) is 1. The molecule has 1 unspecified atom stereocenters. The van der Waals surface area contributed by atoms with Crippen LogP contribution in [0.1, 0.15) is 6.92 Å². The molecule has 0 saturated carbocycles. The Hall–Kier alpha value is -2.04. The quantitative estimate of drug-likeness (QED) is 0.887. The van der Waals surface area contributed by atoms with E-state index in [2.05, 4.69) is 0 Å². The summed E-state index contributed by atoms with van der Waals surface area (Å²) in [6.07, 6.45) is -0.421.